The summed E-state index contributed by atoms with van der Waals surface area (Å²) in [4.78, 5) is 6.19. The zero-order valence-corrected chi connectivity index (χ0v) is 13.6. The van der Waals surface area contributed by atoms with Gasteiger partial charge < -0.3 is 5.32 Å². The van der Waals surface area contributed by atoms with Gasteiger partial charge in [0.1, 0.15) is 5.01 Å². The summed E-state index contributed by atoms with van der Waals surface area (Å²) in [6, 6.07) is 11.4. The first kappa shape index (κ1) is 15.2. The maximum atomic E-state index is 4.83. The molecule has 0 spiro atoms. The highest BCUT2D eigenvalue weighted by Crippen LogP contribution is 2.26. The molecule has 1 aromatic heterocycles. The lowest BCUT2D eigenvalue weighted by Crippen LogP contribution is -2.29. The molecule has 0 fully saturated rings. The number of hydrogen-bond acceptors (Lipinski definition) is 3. The minimum absolute atomic E-state index is 0.307. The quantitative estimate of drug-likeness (QED) is 0.857. The normalized spacial score (nSPS) is 12.8. The molecule has 0 radical (unpaired) electrons. The predicted molar refractivity (Wildman–Crippen MR) is 87.4 cm³/mol. The number of nitrogens with zero attached hydrogens (tertiary/aromatic N) is 1. The molecule has 3 heteroatoms. The standard InChI is InChI=1S/C17H24N2S/c1-5-15-13(4)20-17(19-15)16(18-12(2)3)11-14-9-7-6-8-10-14/h6-10,12,16,18H,5,11H2,1-4H3. The summed E-state index contributed by atoms with van der Waals surface area (Å²) >= 11 is 1.83. The fourth-order valence-corrected chi connectivity index (χ4v) is 3.47. The van der Waals surface area contributed by atoms with Gasteiger partial charge in [0.2, 0.25) is 0 Å². The van der Waals surface area contributed by atoms with Crippen molar-refractivity contribution >= 4 is 11.3 Å². The predicted octanol–water partition coefficient (Wildman–Crippen LogP) is 4.30. The molecule has 0 bridgehead atoms. The fraction of sp³-hybridized carbons (Fsp3) is 0.471. The van der Waals surface area contributed by atoms with Gasteiger partial charge >= 0.3 is 0 Å². The van der Waals surface area contributed by atoms with E-state index in [-0.39, 0.29) is 0 Å². The summed E-state index contributed by atoms with van der Waals surface area (Å²) < 4.78 is 0. The van der Waals surface area contributed by atoms with Crippen molar-refractivity contribution in [2.24, 2.45) is 0 Å². The Hall–Kier alpha value is -1.19. The van der Waals surface area contributed by atoms with Gasteiger partial charge in [-0.25, -0.2) is 4.98 Å². The second-order valence-corrected chi connectivity index (χ2v) is 6.71. The van der Waals surface area contributed by atoms with Crippen LogP contribution in [0.15, 0.2) is 30.3 Å². The molecule has 0 aliphatic carbocycles. The first-order chi connectivity index (χ1) is 9.60. The molecule has 0 aliphatic heterocycles. The van der Waals surface area contributed by atoms with Crippen molar-refractivity contribution in [3.8, 4) is 0 Å². The minimum Gasteiger partial charge on any atom is -0.305 e. The smallest absolute Gasteiger partial charge is 0.110 e. The average Bonchev–Trinajstić information content (AvgIpc) is 2.80. The van der Waals surface area contributed by atoms with Gasteiger partial charge in [-0.3, -0.25) is 0 Å². The Morgan fingerprint density at radius 2 is 1.90 bits per heavy atom. The van der Waals surface area contributed by atoms with Crippen molar-refractivity contribution in [1.29, 1.82) is 0 Å². The second kappa shape index (κ2) is 7.00. The van der Waals surface area contributed by atoms with Crippen LogP contribution in [0, 0.1) is 6.92 Å². The summed E-state index contributed by atoms with van der Waals surface area (Å²) in [5, 5.41) is 4.88. The zero-order valence-electron chi connectivity index (χ0n) is 12.8. The van der Waals surface area contributed by atoms with Crippen LogP contribution in [0.1, 0.15) is 48.0 Å². The van der Waals surface area contributed by atoms with E-state index in [4.69, 9.17) is 4.98 Å². The molecule has 0 saturated carbocycles. The molecule has 0 aliphatic rings. The van der Waals surface area contributed by atoms with Gasteiger partial charge in [-0.1, -0.05) is 51.1 Å². The van der Waals surface area contributed by atoms with Crippen LogP contribution in [-0.4, -0.2) is 11.0 Å². The third-order valence-corrected chi connectivity index (χ3v) is 4.49. The van der Waals surface area contributed by atoms with Gasteiger partial charge in [-0.2, -0.15) is 0 Å². The molecule has 108 valence electrons. The van der Waals surface area contributed by atoms with Crippen LogP contribution >= 0.6 is 11.3 Å². The van der Waals surface area contributed by atoms with Gasteiger partial charge in [-0.05, 0) is 25.3 Å². The van der Waals surface area contributed by atoms with E-state index in [9.17, 15) is 0 Å². The van der Waals surface area contributed by atoms with E-state index < -0.39 is 0 Å². The highest BCUT2D eigenvalue weighted by molar-refractivity contribution is 7.11. The van der Waals surface area contributed by atoms with E-state index in [0.29, 0.717) is 12.1 Å². The highest BCUT2D eigenvalue weighted by atomic mass is 32.1. The van der Waals surface area contributed by atoms with Crippen LogP contribution in [-0.2, 0) is 12.8 Å². The average molecular weight is 288 g/mol. The topological polar surface area (TPSA) is 24.9 Å². The Kier molecular flexibility index (Phi) is 5.32. The van der Waals surface area contributed by atoms with E-state index in [1.165, 1.54) is 21.1 Å². The SMILES string of the molecule is CCc1nc(C(Cc2ccccc2)NC(C)C)sc1C. The van der Waals surface area contributed by atoms with Crippen LogP contribution in [0.4, 0.5) is 0 Å². The van der Waals surface area contributed by atoms with Gasteiger partial charge in [0.25, 0.3) is 0 Å². The molecule has 1 unspecified atom stereocenters. The summed E-state index contributed by atoms with van der Waals surface area (Å²) in [5.41, 5.74) is 2.60. The van der Waals surface area contributed by atoms with Crippen LogP contribution in [0.5, 0.6) is 0 Å². The second-order valence-electron chi connectivity index (χ2n) is 5.47. The number of aryl methyl sites for hydroxylation is 2. The summed E-state index contributed by atoms with van der Waals surface area (Å²) in [6.07, 6.45) is 2.01. The van der Waals surface area contributed by atoms with Crippen molar-refractivity contribution in [2.45, 2.75) is 52.6 Å². The molecule has 2 rings (SSSR count). The number of benzene rings is 1. The number of aromatic nitrogens is 1. The molecular formula is C17H24N2S. The molecule has 1 atom stereocenters. The Balaban J connectivity index is 2.22. The molecule has 2 aromatic rings. The first-order valence-corrected chi connectivity index (χ1v) is 8.18. The van der Waals surface area contributed by atoms with Crippen LogP contribution in [0.3, 0.4) is 0 Å². The Morgan fingerprint density at radius 1 is 1.20 bits per heavy atom. The van der Waals surface area contributed by atoms with E-state index in [0.717, 1.165) is 12.8 Å². The maximum Gasteiger partial charge on any atom is 0.110 e. The van der Waals surface area contributed by atoms with Crippen molar-refractivity contribution in [1.82, 2.24) is 10.3 Å². The van der Waals surface area contributed by atoms with Gasteiger partial charge in [0, 0.05) is 10.9 Å². The van der Waals surface area contributed by atoms with E-state index in [2.05, 4.69) is 63.3 Å². The molecule has 1 aromatic carbocycles. The number of rotatable bonds is 6. The molecular weight excluding hydrogens is 264 g/mol. The molecule has 20 heavy (non-hydrogen) atoms. The lowest BCUT2D eigenvalue weighted by molar-refractivity contribution is 0.472. The minimum atomic E-state index is 0.307. The van der Waals surface area contributed by atoms with E-state index >= 15 is 0 Å². The lowest BCUT2D eigenvalue weighted by Gasteiger charge is -2.19. The van der Waals surface area contributed by atoms with Crippen LogP contribution in [0.25, 0.3) is 0 Å². The molecule has 1 N–H and O–H groups in total. The first-order valence-electron chi connectivity index (χ1n) is 7.36. The Labute approximate surface area is 126 Å². The number of nitrogens with one attached hydrogen (secondary N) is 1. The monoisotopic (exact) mass is 288 g/mol. The number of thiazole rings is 1. The van der Waals surface area contributed by atoms with Crippen LogP contribution in [0.2, 0.25) is 0 Å². The highest BCUT2D eigenvalue weighted by Gasteiger charge is 2.18. The zero-order chi connectivity index (χ0) is 14.5. The van der Waals surface area contributed by atoms with E-state index in [1.54, 1.807) is 0 Å². The Morgan fingerprint density at radius 3 is 2.45 bits per heavy atom. The fourth-order valence-electron chi connectivity index (χ4n) is 2.40. The largest absolute Gasteiger partial charge is 0.305 e. The van der Waals surface area contributed by atoms with Crippen LogP contribution < -0.4 is 5.32 Å². The lowest BCUT2D eigenvalue weighted by atomic mass is 10.1. The third kappa shape index (κ3) is 3.90. The summed E-state index contributed by atoms with van der Waals surface area (Å²) in [6.45, 7) is 8.74. The summed E-state index contributed by atoms with van der Waals surface area (Å²) in [7, 11) is 0. The van der Waals surface area contributed by atoms with Crippen molar-refractivity contribution in [3.63, 3.8) is 0 Å². The molecule has 2 nitrogen and oxygen atoms in total. The molecule has 0 amide bonds. The van der Waals surface area contributed by atoms with E-state index in [1.807, 2.05) is 11.3 Å². The molecule has 1 heterocycles. The van der Waals surface area contributed by atoms with Crippen molar-refractivity contribution in [2.75, 3.05) is 0 Å². The summed E-state index contributed by atoms with van der Waals surface area (Å²) in [5.74, 6) is 0. The van der Waals surface area contributed by atoms with Gasteiger partial charge in [0.05, 0.1) is 11.7 Å². The van der Waals surface area contributed by atoms with Gasteiger partial charge in [0.15, 0.2) is 0 Å². The molecule has 0 saturated heterocycles. The Bertz CT molecular complexity index is 531. The number of hydrogen-bond donors (Lipinski definition) is 1. The van der Waals surface area contributed by atoms with Crippen molar-refractivity contribution < 1.29 is 0 Å². The van der Waals surface area contributed by atoms with Gasteiger partial charge in [-0.15, -0.1) is 11.3 Å². The maximum absolute atomic E-state index is 4.83. The third-order valence-electron chi connectivity index (χ3n) is 3.36. The van der Waals surface area contributed by atoms with Crippen molar-refractivity contribution in [3.05, 3.63) is 51.5 Å².